The third kappa shape index (κ3) is 2.14. The Kier molecular flexibility index (Phi) is 2.95. The second-order valence-corrected chi connectivity index (χ2v) is 4.43. The molecule has 0 aliphatic carbocycles. The summed E-state index contributed by atoms with van der Waals surface area (Å²) in [6.45, 7) is 0. The predicted octanol–water partition coefficient (Wildman–Crippen LogP) is 2.79. The van der Waals surface area contributed by atoms with Crippen molar-refractivity contribution in [2.24, 2.45) is 0 Å². The van der Waals surface area contributed by atoms with Gasteiger partial charge in [-0.15, -0.1) is 0 Å². The van der Waals surface area contributed by atoms with Crippen LogP contribution in [0.25, 0.3) is 16.6 Å². The van der Waals surface area contributed by atoms with Crippen LogP contribution in [0, 0.1) is 5.82 Å². The van der Waals surface area contributed by atoms with E-state index in [1.54, 1.807) is 10.7 Å². The molecule has 1 N–H and O–H groups in total. The first-order valence-corrected chi connectivity index (χ1v) is 6.09. The summed E-state index contributed by atoms with van der Waals surface area (Å²) in [4.78, 5) is 11.0. The molecule has 5 heteroatoms. The van der Waals surface area contributed by atoms with Crippen molar-refractivity contribution in [3.05, 3.63) is 60.0 Å². The van der Waals surface area contributed by atoms with Crippen molar-refractivity contribution >= 4 is 16.9 Å². The van der Waals surface area contributed by atoms with E-state index in [2.05, 4.69) is 5.10 Å². The number of para-hydroxylation sites is 1. The summed E-state index contributed by atoms with van der Waals surface area (Å²) in [5, 5.41) is 13.9. The molecule has 0 aliphatic rings. The summed E-state index contributed by atoms with van der Waals surface area (Å²) in [7, 11) is 0. The molecule has 1 aromatic heterocycles. The fourth-order valence-electron chi connectivity index (χ4n) is 2.20. The van der Waals surface area contributed by atoms with Crippen LogP contribution in [0.2, 0.25) is 0 Å². The Morgan fingerprint density at radius 2 is 1.95 bits per heavy atom. The molecule has 0 aliphatic heterocycles. The van der Waals surface area contributed by atoms with E-state index in [0.717, 1.165) is 5.69 Å². The van der Waals surface area contributed by atoms with Crippen molar-refractivity contribution < 1.29 is 14.3 Å². The molecule has 0 atom stereocenters. The first kappa shape index (κ1) is 12.3. The zero-order valence-corrected chi connectivity index (χ0v) is 10.5. The van der Waals surface area contributed by atoms with Gasteiger partial charge in [0.25, 0.3) is 0 Å². The molecule has 0 fully saturated rings. The number of nitrogens with zero attached hydrogens (tertiary/aromatic N) is 2. The lowest BCUT2D eigenvalue weighted by Gasteiger charge is -2.05. The molecular weight excluding hydrogens is 259 g/mol. The fraction of sp³-hybridized carbons (Fsp3) is 0.0667. The third-order valence-electron chi connectivity index (χ3n) is 3.05. The van der Waals surface area contributed by atoms with Gasteiger partial charge >= 0.3 is 5.97 Å². The van der Waals surface area contributed by atoms with E-state index in [0.29, 0.717) is 16.6 Å². The van der Waals surface area contributed by atoms with E-state index in [1.807, 2.05) is 30.3 Å². The Morgan fingerprint density at radius 1 is 1.20 bits per heavy atom. The lowest BCUT2D eigenvalue weighted by Crippen LogP contribution is -2.08. The first-order chi connectivity index (χ1) is 9.65. The molecule has 0 saturated heterocycles. The van der Waals surface area contributed by atoms with Gasteiger partial charge in [-0.2, -0.15) is 5.10 Å². The number of rotatable bonds is 3. The molecule has 0 saturated carbocycles. The highest BCUT2D eigenvalue weighted by Gasteiger charge is 2.15. The number of hydrogen-bond donors (Lipinski definition) is 1. The molecule has 20 heavy (non-hydrogen) atoms. The van der Waals surface area contributed by atoms with Crippen LogP contribution in [0.3, 0.4) is 0 Å². The van der Waals surface area contributed by atoms with Gasteiger partial charge in [0.05, 0.1) is 23.3 Å². The fourth-order valence-corrected chi connectivity index (χ4v) is 2.20. The van der Waals surface area contributed by atoms with Crippen molar-refractivity contribution in [3.63, 3.8) is 0 Å². The Bertz CT molecular complexity index is 781. The van der Waals surface area contributed by atoms with Crippen molar-refractivity contribution in [1.29, 1.82) is 0 Å². The molecule has 1 heterocycles. The zero-order chi connectivity index (χ0) is 14.1. The van der Waals surface area contributed by atoms with Crippen molar-refractivity contribution in [1.82, 2.24) is 9.78 Å². The van der Waals surface area contributed by atoms with Crippen LogP contribution in [0.5, 0.6) is 0 Å². The van der Waals surface area contributed by atoms with Crippen molar-refractivity contribution in [3.8, 4) is 5.69 Å². The predicted molar refractivity (Wildman–Crippen MR) is 72.4 cm³/mol. The SMILES string of the molecule is O=C(O)Cc1c2cc(F)ccc2nn1-c1ccccc1. The Morgan fingerprint density at radius 3 is 2.65 bits per heavy atom. The summed E-state index contributed by atoms with van der Waals surface area (Å²) >= 11 is 0. The zero-order valence-electron chi connectivity index (χ0n) is 10.5. The molecule has 3 aromatic rings. The quantitative estimate of drug-likeness (QED) is 0.796. The summed E-state index contributed by atoms with van der Waals surface area (Å²) in [5.41, 5.74) is 1.80. The normalized spacial score (nSPS) is 10.8. The van der Waals surface area contributed by atoms with Gasteiger partial charge in [0.15, 0.2) is 0 Å². The number of aliphatic carboxylic acids is 1. The highest BCUT2D eigenvalue weighted by Crippen LogP contribution is 2.23. The topological polar surface area (TPSA) is 55.1 Å². The molecular formula is C15H11FN2O2. The smallest absolute Gasteiger partial charge is 0.309 e. The number of aromatic nitrogens is 2. The Labute approximate surface area is 114 Å². The van der Waals surface area contributed by atoms with Gasteiger partial charge in [0.1, 0.15) is 5.82 Å². The molecule has 0 spiro atoms. The number of fused-ring (bicyclic) bond motifs is 1. The van der Waals surface area contributed by atoms with Crippen LogP contribution in [0.15, 0.2) is 48.5 Å². The molecule has 0 unspecified atom stereocenters. The summed E-state index contributed by atoms with van der Waals surface area (Å²) < 4.78 is 14.9. The maximum atomic E-state index is 13.4. The minimum Gasteiger partial charge on any atom is -0.481 e. The first-order valence-electron chi connectivity index (χ1n) is 6.09. The van der Waals surface area contributed by atoms with Crippen LogP contribution >= 0.6 is 0 Å². The second kappa shape index (κ2) is 4.77. The van der Waals surface area contributed by atoms with Gasteiger partial charge in [0, 0.05) is 5.39 Å². The van der Waals surface area contributed by atoms with Crippen LogP contribution in [0.4, 0.5) is 4.39 Å². The van der Waals surface area contributed by atoms with E-state index >= 15 is 0 Å². The van der Waals surface area contributed by atoms with Crippen molar-refractivity contribution in [2.75, 3.05) is 0 Å². The van der Waals surface area contributed by atoms with Crippen LogP contribution in [-0.2, 0) is 11.2 Å². The number of benzene rings is 2. The van der Waals surface area contributed by atoms with Crippen LogP contribution in [0.1, 0.15) is 5.69 Å². The number of carbonyl (C=O) groups is 1. The molecule has 3 rings (SSSR count). The minimum atomic E-state index is -0.978. The number of halogens is 1. The molecule has 100 valence electrons. The van der Waals surface area contributed by atoms with Crippen molar-refractivity contribution in [2.45, 2.75) is 6.42 Å². The average molecular weight is 270 g/mol. The van der Waals surface area contributed by atoms with Gasteiger partial charge in [-0.3, -0.25) is 4.79 Å². The summed E-state index contributed by atoms with van der Waals surface area (Å²) in [6.07, 6.45) is -0.213. The molecule has 0 amide bonds. The largest absolute Gasteiger partial charge is 0.481 e. The van der Waals surface area contributed by atoms with Gasteiger partial charge in [0.2, 0.25) is 0 Å². The number of carboxylic acids is 1. The van der Waals surface area contributed by atoms with E-state index in [1.165, 1.54) is 12.1 Å². The third-order valence-corrected chi connectivity index (χ3v) is 3.05. The Balaban J connectivity index is 2.28. The van der Waals surface area contributed by atoms with Gasteiger partial charge in [-0.25, -0.2) is 9.07 Å². The second-order valence-electron chi connectivity index (χ2n) is 4.43. The minimum absolute atomic E-state index is 0.213. The van der Waals surface area contributed by atoms with E-state index in [9.17, 15) is 9.18 Å². The summed E-state index contributed by atoms with van der Waals surface area (Å²) in [5.74, 6) is -1.38. The molecule has 0 radical (unpaired) electrons. The van der Waals surface area contributed by atoms with Gasteiger partial charge in [-0.05, 0) is 30.3 Å². The Hall–Kier alpha value is -2.69. The lowest BCUT2D eigenvalue weighted by atomic mass is 10.1. The maximum absolute atomic E-state index is 13.4. The van der Waals surface area contributed by atoms with Gasteiger partial charge in [-0.1, -0.05) is 18.2 Å². The molecule has 0 bridgehead atoms. The average Bonchev–Trinajstić information content (AvgIpc) is 2.77. The highest BCUT2D eigenvalue weighted by molar-refractivity contribution is 5.86. The monoisotopic (exact) mass is 270 g/mol. The standard InChI is InChI=1S/C15H11FN2O2/c16-10-6-7-13-12(8-10)14(9-15(19)20)18(17-13)11-4-2-1-3-5-11/h1-8H,9H2,(H,19,20). The lowest BCUT2D eigenvalue weighted by molar-refractivity contribution is -0.136. The number of hydrogen-bond acceptors (Lipinski definition) is 2. The van der Waals surface area contributed by atoms with E-state index in [-0.39, 0.29) is 6.42 Å². The maximum Gasteiger partial charge on any atom is 0.309 e. The van der Waals surface area contributed by atoms with Crippen LogP contribution < -0.4 is 0 Å². The van der Waals surface area contributed by atoms with E-state index in [4.69, 9.17) is 5.11 Å². The highest BCUT2D eigenvalue weighted by atomic mass is 19.1. The van der Waals surface area contributed by atoms with Gasteiger partial charge < -0.3 is 5.11 Å². The number of carboxylic acid groups (broad SMARTS) is 1. The molecule has 4 nitrogen and oxygen atoms in total. The van der Waals surface area contributed by atoms with Crippen LogP contribution in [-0.4, -0.2) is 20.9 Å². The van der Waals surface area contributed by atoms with E-state index < -0.39 is 11.8 Å². The summed E-state index contributed by atoms with van der Waals surface area (Å²) in [6, 6.07) is 13.4. The molecule has 2 aromatic carbocycles.